The molecule has 12 unspecified atom stereocenters. The fourth-order valence-electron chi connectivity index (χ4n) is 10.9. The summed E-state index contributed by atoms with van der Waals surface area (Å²) in [5.74, 6) is -0.251. The maximum absolute atomic E-state index is 13.3. The number of ether oxygens (including phenoxy) is 4. The summed E-state index contributed by atoms with van der Waals surface area (Å²) in [6.07, 6.45) is 56.6. The first-order chi connectivity index (χ1) is 41.1. The predicted octanol–water partition coefficient (Wildman–Crippen LogP) is 13.5. The van der Waals surface area contributed by atoms with Crippen molar-refractivity contribution in [3.8, 4) is 0 Å². The summed E-state index contributed by atoms with van der Waals surface area (Å²) < 4.78 is 22.8. The van der Waals surface area contributed by atoms with E-state index in [0.717, 1.165) is 64.2 Å². The summed E-state index contributed by atoms with van der Waals surface area (Å²) >= 11 is 0. The molecule has 12 atom stereocenters. The van der Waals surface area contributed by atoms with Crippen molar-refractivity contribution in [2.45, 2.75) is 344 Å². The van der Waals surface area contributed by atoms with E-state index < -0.39 is 86.8 Å². The molecule has 2 aliphatic heterocycles. The minimum absolute atomic E-state index is 0.251. The predicted molar refractivity (Wildman–Crippen MR) is 341 cm³/mol. The van der Waals surface area contributed by atoms with Gasteiger partial charge in [0.25, 0.3) is 0 Å². The number of allylic oxidation sites excluding steroid dienone is 11. The molecule has 0 radical (unpaired) electrons. The van der Waals surface area contributed by atoms with Crippen LogP contribution in [0.2, 0.25) is 0 Å². The van der Waals surface area contributed by atoms with Gasteiger partial charge in [-0.25, -0.2) is 0 Å². The largest absolute Gasteiger partial charge is 0.394 e. The van der Waals surface area contributed by atoms with Crippen molar-refractivity contribution in [2.24, 2.45) is 0 Å². The molecule has 2 rings (SSSR count). The zero-order valence-electron chi connectivity index (χ0n) is 52.9. The molecular weight excluding hydrogens is 1060 g/mol. The molecule has 1 amide bonds. The third kappa shape index (κ3) is 38.7. The molecule has 0 aromatic heterocycles. The van der Waals surface area contributed by atoms with E-state index in [9.17, 15) is 45.6 Å². The van der Waals surface area contributed by atoms with Gasteiger partial charge in [0, 0.05) is 6.42 Å². The van der Waals surface area contributed by atoms with Gasteiger partial charge in [0.1, 0.15) is 48.8 Å². The quantitative estimate of drug-likeness (QED) is 0.0204. The van der Waals surface area contributed by atoms with Crippen LogP contribution < -0.4 is 5.32 Å². The van der Waals surface area contributed by atoms with Gasteiger partial charge in [0.05, 0.1) is 32.0 Å². The molecule has 2 aliphatic rings. The van der Waals surface area contributed by atoms with E-state index in [1.807, 2.05) is 6.08 Å². The Bertz CT molecular complexity index is 1690. The number of hydrogen-bond acceptors (Lipinski definition) is 13. The first-order valence-corrected chi connectivity index (χ1v) is 34.2. The zero-order valence-corrected chi connectivity index (χ0v) is 52.9. The van der Waals surface area contributed by atoms with Crippen molar-refractivity contribution >= 4 is 5.91 Å². The maximum atomic E-state index is 13.3. The number of carbonyl (C=O) groups excluding carboxylic acids is 1. The highest BCUT2D eigenvalue weighted by molar-refractivity contribution is 5.76. The second kappa shape index (κ2) is 54.6. The van der Waals surface area contributed by atoms with Crippen LogP contribution in [0, 0.1) is 0 Å². The van der Waals surface area contributed by atoms with Crippen molar-refractivity contribution in [2.75, 3.05) is 19.8 Å². The van der Waals surface area contributed by atoms with Crippen LogP contribution in [0.15, 0.2) is 72.9 Å². The Hall–Kier alpha value is -2.57. The summed E-state index contributed by atoms with van der Waals surface area (Å²) in [7, 11) is 0. The number of carbonyl (C=O) groups is 1. The molecule has 2 heterocycles. The van der Waals surface area contributed by atoms with Gasteiger partial charge in [0.15, 0.2) is 12.6 Å². The Morgan fingerprint density at radius 1 is 0.440 bits per heavy atom. The summed E-state index contributed by atoms with van der Waals surface area (Å²) in [6.45, 7) is 2.69. The molecule has 14 nitrogen and oxygen atoms in total. The first-order valence-electron chi connectivity index (χ1n) is 34.2. The number of nitrogens with one attached hydrogen (secondary N) is 1. The third-order valence-electron chi connectivity index (χ3n) is 16.4. The Morgan fingerprint density at radius 3 is 1.31 bits per heavy atom. The molecule has 0 aromatic carbocycles. The minimum atomic E-state index is -1.79. The van der Waals surface area contributed by atoms with Crippen molar-refractivity contribution in [3.63, 3.8) is 0 Å². The standard InChI is InChI=1S/C70H125NO13/c1-3-5-7-9-11-13-15-17-19-21-23-25-27-29-31-33-35-37-39-41-43-45-47-49-51-53-59(74)58(57-81-69-67(80)65(78)68(61(56-73)83-69)84-70-66(79)64(77)63(76)60(55-72)82-70)71-62(75)54-52-50-48-46-44-42-40-38-36-34-32-30-28-26-24-22-20-18-16-14-12-10-8-6-4-2/h6,8,12,14,18,20,24,26,43,45,51,53,58-61,63-70,72-74,76-80H,3-5,7,9-11,13,15-17,19,21-23,25,27-42,44,46-50,52,54-57H2,1-2H3,(H,71,75)/b8-6-,14-12-,20-18-,26-24-,45-43+,53-51+. The maximum Gasteiger partial charge on any atom is 0.220 e. The van der Waals surface area contributed by atoms with Gasteiger partial charge in [-0.3, -0.25) is 4.79 Å². The third-order valence-corrected chi connectivity index (χ3v) is 16.4. The van der Waals surface area contributed by atoms with Crippen molar-refractivity contribution in [1.29, 1.82) is 0 Å². The van der Waals surface area contributed by atoms with Gasteiger partial charge in [-0.2, -0.15) is 0 Å². The van der Waals surface area contributed by atoms with E-state index in [4.69, 9.17) is 18.9 Å². The number of amides is 1. The first kappa shape index (κ1) is 77.5. The monoisotopic (exact) mass is 1190 g/mol. The van der Waals surface area contributed by atoms with E-state index in [0.29, 0.717) is 12.8 Å². The molecule has 0 bridgehead atoms. The van der Waals surface area contributed by atoms with Gasteiger partial charge >= 0.3 is 0 Å². The topological polar surface area (TPSA) is 228 Å². The summed E-state index contributed by atoms with van der Waals surface area (Å²) in [6, 6.07) is -0.937. The summed E-state index contributed by atoms with van der Waals surface area (Å²) in [5.41, 5.74) is 0. The second-order valence-electron chi connectivity index (χ2n) is 23.9. The van der Waals surface area contributed by atoms with E-state index in [1.165, 1.54) is 173 Å². The SMILES string of the molecule is CC/C=C\C/C=C\C/C=C\C/C=C\CCCCCCCCCCCCCCC(=O)NC(COC1OC(CO)C(OC2OC(CO)C(O)C(O)C2O)C(O)C1O)C(O)/C=C/CC/C=C/CCCCCCCCCCCCCCCCCCCCC. The molecule has 9 N–H and O–H groups in total. The van der Waals surface area contributed by atoms with Crippen LogP contribution in [0.25, 0.3) is 0 Å². The molecule has 2 saturated heterocycles. The van der Waals surface area contributed by atoms with Crippen LogP contribution in [0.1, 0.15) is 271 Å². The van der Waals surface area contributed by atoms with Crippen LogP contribution in [-0.2, 0) is 23.7 Å². The zero-order chi connectivity index (χ0) is 60.9. The molecule has 2 fully saturated rings. The molecule has 0 aromatic rings. The lowest BCUT2D eigenvalue weighted by molar-refractivity contribution is -0.359. The lowest BCUT2D eigenvalue weighted by Crippen LogP contribution is -2.65. The molecule has 0 saturated carbocycles. The molecule has 84 heavy (non-hydrogen) atoms. The highest BCUT2D eigenvalue weighted by atomic mass is 16.7. The normalized spacial score (nSPS) is 24.1. The van der Waals surface area contributed by atoms with Gasteiger partial charge in [-0.15, -0.1) is 0 Å². The van der Waals surface area contributed by atoms with Gasteiger partial charge < -0.3 is 65.1 Å². The van der Waals surface area contributed by atoms with Crippen LogP contribution >= 0.6 is 0 Å². The van der Waals surface area contributed by atoms with Gasteiger partial charge in [-0.05, 0) is 70.6 Å². The van der Waals surface area contributed by atoms with E-state index in [-0.39, 0.29) is 18.9 Å². The molecule has 0 spiro atoms. The average molecular weight is 1190 g/mol. The van der Waals surface area contributed by atoms with Crippen molar-refractivity contribution in [3.05, 3.63) is 72.9 Å². The number of hydrogen-bond donors (Lipinski definition) is 9. The van der Waals surface area contributed by atoms with Gasteiger partial charge in [0.2, 0.25) is 5.91 Å². The Labute approximate surface area is 510 Å². The highest BCUT2D eigenvalue weighted by Gasteiger charge is 2.51. The summed E-state index contributed by atoms with van der Waals surface area (Å²) in [4.78, 5) is 13.3. The minimum Gasteiger partial charge on any atom is -0.394 e. The van der Waals surface area contributed by atoms with E-state index in [1.54, 1.807) is 6.08 Å². The number of unbranched alkanes of at least 4 members (excludes halogenated alkanes) is 32. The fourth-order valence-corrected chi connectivity index (χ4v) is 10.9. The molecule has 14 heteroatoms. The van der Waals surface area contributed by atoms with Crippen molar-refractivity contribution < 1.29 is 64.6 Å². The fraction of sp³-hybridized carbons (Fsp3) is 0.814. The van der Waals surface area contributed by atoms with Crippen molar-refractivity contribution in [1.82, 2.24) is 5.32 Å². The van der Waals surface area contributed by atoms with E-state index in [2.05, 4.69) is 79.9 Å². The smallest absolute Gasteiger partial charge is 0.220 e. The van der Waals surface area contributed by atoms with Gasteiger partial charge in [-0.1, -0.05) is 267 Å². The second-order valence-corrected chi connectivity index (χ2v) is 23.9. The average Bonchev–Trinajstić information content (AvgIpc) is 3.18. The number of aliphatic hydroxyl groups excluding tert-OH is 8. The van der Waals surface area contributed by atoms with Crippen LogP contribution in [0.3, 0.4) is 0 Å². The number of rotatable bonds is 55. The van der Waals surface area contributed by atoms with E-state index >= 15 is 0 Å². The Balaban J connectivity index is 1.72. The Kier molecular flexibility index (Phi) is 50.4. The van der Waals surface area contributed by atoms with Crippen LogP contribution in [-0.4, -0.2) is 140 Å². The lowest BCUT2D eigenvalue weighted by Gasteiger charge is -2.46. The molecule has 0 aliphatic carbocycles. The molecular formula is C70H125NO13. The van der Waals surface area contributed by atoms with Crippen LogP contribution in [0.4, 0.5) is 0 Å². The van der Waals surface area contributed by atoms with Crippen LogP contribution in [0.5, 0.6) is 0 Å². The molecule has 488 valence electrons. The highest BCUT2D eigenvalue weighted by Crippen LogP contribution is 2.30. The number of aliphatic hydroxyl groups is 8. The summed E-state index contributed by atoms with van der Waals surface area (Å²) in [5, 5.41) is 87.4. The Morgan fingerprint density at radius 2 is 0.833 bits per heavy atom. The lowest BCUT2D eigenvalue weighted by atomic mass is 9.97.